The SMILES string of the molecule is CCN(CC)c1ccc(/C=C2/SC(=Nc3cccc(Cl)c3Cl)NC2=O)cc1Br. The smallest absolute Gasteiger partial charge is 0.264 e. The van der Waals surface area contributed by atoms with Crippen molar-refractivity contribution >= 4 is 79.4 Å². The molecular weight excluding hydrogens is 481 g/mol. The zero-order valence-electron chi connectivity index (χ0n) is 15.3. The van der Waals surface area contributed by atoms with Gasteiger partial charge in [0.25, 0.3) is 5.91 Å². The van der Waals surface area contributed by atoms with Crippen molar-refractivity contribution in [1.82, 2.24) is 5.32 Å². The molecule has 0 radical (unpaired) electrons. The molecule has 1 N–H and O–H groups in total. The Hall–Kier alpha value is -1.47. The van der Waals surface area contributed by atoms with Crippen LogP contribution in [0.25, 0.3) is 6.08 Å². The van der Waals surface area contributed by atoms with Gasteiger partial charge in [-0.25, -0.2) is 4.99 Å². The maximum absolute atomic E-state index is 12.3. The van der Waals surface area contributed by atoms with Crippen molar-refractivity contribution in [2.75, 3.05) is 18.0 Å². The van der Waals surface area contributed by atoms with Crippen LogP contribution in [0.3, 0.4) is 0 Å². The minimum atomic E-state index is -0.189. The number of rotatable bonds is 5. The second kappa shape index (κ2) is 9.35. The predicted molar refractivity (Wildman–Crippen MR) is 125 cm³/mol. The number of aliphatic imine (C=N–C) groups is 1. The van der Waals surface area contributed by atoms with Crippen molar-refractivity contribution in [3.8, 4) is 0 Å². The molecule has 3 rings (SSSR count). The Labute approximate surface area is 187 Å². The first-order chi connectivity index (χ1) is 13.4. The van der Waals surface area contributed by atoms with E-state index in [2.05, 4.69) is 51.1 Å². The molecule has 28 heavy (non-hydrogen) atoms. The highest BCUT2D eigenvalue weighted by Crippen LogP contribution is 2.35. The average molecular weight is 499 g/mol. The lowest BCUT2D eigenvalue weighted by Crippen LogP contribution is -2.22. The van der Waals surface area contributed by atoms with E-state index in [0.29, 0.717) is 25.8 Å². The highest BCUT2D eigenvalue weighted by molar-refractivity contribution is 9.10. The lowest BCUT2D eigenvalue weighted by atomic mass is 10.1. The largest absolute Gasteiger partial charge is 0.371 e. The molecule has 0 saturated carbocycles. The Bertz CT molecular complexity index is 974. The van der Waals surface area contributed by atoms with E-state index in [0.717, 1.165) is 28.8 Å². The van der Waals surface area contributed by atoms with Gasteiger partial charge in [-0.1, -0.05) is 35.3 Å². The summed E-state index contributed by atoms with van der Waals surface area (Å²) in [5.41, 5.74) is 2.58. The summed E-state index contributed by atoms with van der Waals surface area (Å²) in [6, 6.07) is 11.3. The van der Waals surface area contributed by atoms with Crippen molar-refractivity contribution in [1.29, 1.82) is 0 Å². The van der Waals surface area contributed by atoms with Gasteiger partial charge in [0.1, 0.15) is 0 Å². The van der Waals surface area contributed by atoms with Crippen molar-refractivity contribution in [3.05, 3.63) is 61.4 Å². The summed E-state index contributed by atoms with van der Waals surface area (Å²) in [5, 5.41) is 4.02. The van der Waals surface area contributed by atoms with E-state index in [-0.39, 0.29) is 5.91 Å². The molecular formula is C20H18BrCl2N3OS. The Morgan fingerprint density at radius 2 is 1.96 bits per heavy atom. The lowest BCUT2D eigenvalue weighted by molar-refractivity contribution is -0.115. The average Bonchev–Trinajstić information content (AvgIpc) is 3.00. The summed E-state index contributed by atoms with van der Waals surface area (Å²) in [6.45, 7) is 6.11. The first-order valence-corrected chi connectivity index (χ1v) is 11.1. The highest BCUT2D eigenvalue weighted by Gasteiger charge is 2.24. The number of anilines is 1. The highest BCUT2D eigenvalue weighted by atomic mass is 79.9. The number of hydrogen-bond acceptors (Lipinski definition) is 4. The van der Waals surface area contributed by atoms with E-state index in [9.17, 15) is 4.79 Å². The van der Waals surface area contributed by atoms with Gasteiger partial charge in [-0.2, -0.15) is 0 Å². The molecule has 1 aliphatic rings. The fraction of sp³-hybridized carbons (Fsp3) is 0.200. The zero-order valence-corrected chi connectivity index (χ0v) is 19.2. The van der Waals surface area contributed by atoms with Gasteiger partial charge in [-0.15, -0.1) is 0 Å². The summed E-state index contributed by atoms with van der Waals surface area (Å²) in [7, 11) is 0. The van der Waals surface area contributed by atoms with Crippen molar-refractivity contribution in [3.63, 3.8) is 0 Å². The van der Waals surface area contributed by atoms with Crippen LogP contribution in [0.15, 0.2) is 50.8 Å². The van der Waals surface area contributed by atoms with E-state index in [1.807, 2.05) is 18.2 Å². The molecule has 146 valence electrons. The van der Waals surface area contributed by atoms with Crippen molar-refractivity contribution in [2.24, 2.45) is 4.99 Å². The van der Waals surface area contributed by atoms with E-state index < -0.39 is 0 Å². The molecule has 1 amide bonds. The molecule has 0 aromatic heterocycles. The maximum atomic E-state index is 12.3. The van der Waals surface area contributed by atoms with Gasteiger partial charge < -0.3 is 10.2 Å². The van der Waals surface area contributed by atoms with Crippen LogP contribution in [0.5, 0.6) is 0 Å². The second-order valence-corrected chi connectivity index (χ2v) is 8.61. The van der Waals surface area contributed by atoms with Gasteiger partial charge in [0, 0.05) is 17.6 Å². The molecule has 0 atom stereocenters. The van der Waals surface area contributed by atoms with Crippen LogP contribution in [-0.4, -0.2) is 24.2 Å². The summed E-state index contributed by atoms with van der Waals surface area (Å²) >= 11 is 17.1. The van der Waals surface area contributed by atoms with Crippen LogP contribution in [0.4, 0.5) is 11.4 Å². The lowest BCUT2D eigenvalue weighted by Gasteiger charge is -2.22. The monoisotopic (exact) mass is 497 g/mol. The molecule has 0 bridgehead atoms. The Balaban J connectivity index is 1.84. The normalized spacial score (nSPS) is 16.7. The maximum Gasteiger partial charge on any atom is 0.264 e. The molecule has 1 aliphatic heterocycles. The quantitative estimate of drug-likeness (QED) is 0.479. The van der Waals surface area contributed by atoms with E-state index >= 15 is 0 Å². The summed E-state index contributed by atoms with van der Waals surface area (Å²) in [6.07, 6.45) is 1.85. The Morgan fingerprint density at radius 1 is 1.21 bits per heavy atom. The zero-order chi connectivity index (χ0) is 20.3. The van der Waals surface area contributed by atoms with Crippen LogP contribution in [0.1, 0.15) is 19.4 Å². The number of amidine groups is 1. The van der Waals surface area contributed by atoms with Crippen LogP contribution < -0.4 is 10.2 Å². The van der Waals surface area contributed by atoms with Gasteiger partial charge in [0.15, 0.2) is 5.17 Å². The number of amides is 1. The van der Waals surface area contributed by atoms with E-state index in [1.165, 1.54) is 11.8 Å². The fourth-order valence-corrected chi connectivity index (χ4v) is 4.57. The van der Waals surface area contributed by atoms with Crippen LogP contribution >= 0.6 is 50.9 Å². The molecule has 0 aliphatic carbocycles. The molecule has 2 aromatic rings. The molecule has 1 heterocycles. The van der Waals surface area contributed by atoms with Crippen molar-refractivity contribution in [2.45, 2.75) is 13.8 Å². The molecule has 4 nitrogen and oxygen atoms in total. The summed E-state index contributed by atoms with van der Waals surface area (Å²) in [5.74, 6) is -0.189. The van der Waals surface area contributed by atoms with Gasteiger partial charge in [-0.3, -0.25) is 4.79 Å². The number of benzene rings is 2. The number of halogens is 3. The third kappa shape index (κ3) is 4.74. The van der Waals surface area contributed by atoms with Crippen molar-refractivity contribution < 1.29 is 4.79 Å². The number of carbonyl (C=O) groups excluding carboxylic acids is 1. The van der Waals surface area contributed by atoms with Gasteiger partial charge in [0.2, 0.25) is 0 Å². The molecule has 8 heteroatoms. The van der Waals surface area contributed by atoms with Crippen LogP contribution in [0, 0.1) is 0 Å². The number of carbonyl (C=O) groups is 1. The topological polar surface area (TPSA) is 44.7 Å². The number of hydrogen-bond donors (Lipinski definition) is 1. The predicted octanol–water partition coefficient (Wildman–Crippen LogP) is 6.49. The number of thioether (sulfide) groups is 1. The van der Waals surface area contributed by atoms with Gasteiger partial charge in [0.05, 0.1) is 26.3 Å². The first-order valence-electron chi connectivity index (χ1n) is 8.71. The van der Waals surface area contributed by atoms with E-state index in [1.54, 1.807) is 18.2 Å². The molecule has 0 unspecified atom stereocenters. The van der Waals surface area contributed by atoms with Crippen LogP contribution in [-0.2, 0) is 4.79 Å². The Kier molecular flexibility index (Phi) is 7.10. The summed E-state index contributed by atoms with van der Waals surface area (Å²) in [4.78, 5) is 19.6. The Morgan fingerprint density at radius 3 is 2.64 bits per heavy atom. The third-order valence-corrected chi connectivity index (χ3v) is 6.53. The molecule has 1 saturated heterocycles. The van der Waals surface area contributed by atoms with Gasteiger partial charge >= 0.3 is 0 Å². The fourth-order valence-electron chi connectivity index (χ4n) is 2.75. The number of nitrogens with one attached hydrogen (secondary N) is 1. The minimum Gasteiger partial charge on any atom is -0.371 e. The molecule has 2 aromatic carbocycles. The molecule has 0 spiro atoms. The molecule has 1 fully saturated rings. The van der Waals surface area contributed by atoms with E-state index in [4.69, 9.17) is 23.2 Å². The number of nitrogens with zero attached hydrogens (tertiary/aromatic N) is 2. The first kappa shape index (κ1) is 21.2. The minimum absolute atomic E-state index is 0.189. The third-order valence-electron chi connectivity index (χ3n) is 4.18. The van der Waals surface area contributed by atoms with Crippen LogP contribution in [0.2, 0.25) is 10.0 Å². The standard InChI is InChI=1S/C20H18BrCl2N3OS/c1-3-26(4-2)16-9-8-12(10-13(16)21)11-17-19(27)25-20(28-17)24-15-7-5-6-14(22)18(15)23/h5-11H,3-4H2,1-2H3,(H,24,25,27)/b17-11+. The van der Waals surface area contributed by atoms with Gasteiger partial charge in [-0.05, 0) is 77.4 Å². The second-order valence-electron chi connectivity index (χ2n) is 5.94. The summed E-state index contributed by atoms with van der Waals surface area (Å²) < 4.78 is 0.994.